The van der Waals surface area contributed by atoms with Crippen LogP contribution in [0.5, 0.6) is 0 Å². The van der Waals surface area contributed by atoms with Crippen LogP contribution in [-0.4, -0.2) is 38.6 Å². The Bertz CT molecular complexity index is 1100. The molecule has 34 heavy (non-hydrogen) atoms. The summed E-state index contributed by atoms with van der Waals surface area (Å²) in [5.41, 5.74) is 2.24. The Labute approximate surface area is 198 Å². The Morgan fingerprint density at radius 1 is 1.12 bits per heavy atom. The zero-order valence-corrected chi connectivity index (χ0v) is 19.9. The number of carbonyl (C=O) groups excluding carboxylic acids is 2. The first kappa shape index (κ1) is 25.4. The number of hydrogen-bond acceptors (Lipinski definition) is 4. The SMILES string of the molecule is Cc1cc(NC(=O)c2c(C)c(C(O)C(=O)N[C@@H](C(=O)O)C3CCCCC3)n(C)c2C)ccc1F. The zero-order chi connectivity index (χ0) is 25.2. The van der Waals surface area contributed by atoms with Crippen molar-refractivity contribution in [3.63, 3.8) is 0 Å². The molecule has 3 rings (SSSR count). The highest BCUT2D eigenvalue weighted by molar-refractivity contribution is 6.06. The van der Waals surface area contributed by atoms with Crippen LogP contribution in [0.4, 0.5) is 10.1 Å². The van der Waals surface area contributed by atoms with E-state index in [1.807, 2.05) is 0 Å². The molecule has 1 aliphatic carbocycles. The number of halogens is 1. The molecule has 0 radical (unpaired) electrons. The summed E-state index contributed by atoms with van der Waals surface area (Å²) < 4.78 is 15.1. The fourth-order valence-electron chi connectivity index (χ4n) is 4.84. The molecule has 1 saturated carbocycles. The van der Waals surface area contributed by atoms with Crippen LogP contribution in [0.3, 0.4) is 0 Å². The van der Waals surface area contributed by atoms with E-state index in [1.54, 1.807) is 32.4 Å². The monoisotopic (exact) mass is 473 g/mol. The molecule has 8 nitrogen and oxygen atoms in total. The van der Waals surface area contributed by atoms with Gasteiger partial charge in [-0.15, -0.1) is 0 Å². The molecule has 4 N–H and O–H groups in total. The van der Waals surface area contributed by atoms with Gasteiger partial charge in [-0.05, 0) is 68.9 Å². The lowest BCUT2D eigenvalue weighted by Crippen LogP contribution is -2.48. The number of carboxylic acids is 1. The number of hydrogen-bond donors (Lipinski definition) is 4. The topological polar surface area (TPSA) is 121 Å². The van der Waals surface area contributed by atoms with Gasteiger partial charge in [-0.25, -0.2) is 9.18 Å². The number of anilines is 1. The maximum atomic E-state index is 13.5. The van der Waals surface area contributed by atoms with Crippen molar-refractivity contribution < 1.29 is 29.0 Å². The summed E-state index contributed by atoms with van der Waals surface area (Å²) in [7, 11) is 1.63. The molecule has 1 unspecified atom stereocenters. The van der Waals surface area contributed by atoms with E-state index in [-0.39, 0.29) is 23.0 Å². The molecule has 2 aromatic rings. The van der Waals surface area contributed by atoms with E-state index in [9.17, 15) is 29.0 Å². The second-order valence-corrected chi connectivity index (χ2v) is 9.07. The van der Waals surface area contributed by atoms with Crippen LogP contribution in [0.15, 0.2) is 18.2 Å². The Balaban J connectivity index is 1.83. The summed E-state index contributed by atoms with van der Waals surface area (Å²) >= 11 is 0. The Morgan fingerprint density at radius 2 is 1.76 bits per heavy atom. The van der Waals surface area contributed by atoms with E-state index in [4.69, 9.17) is 0 Å². The predicted octanol–water partition coefficient (Wildman–Crippen LogP) is 3.52. The zero-order valence-electron chi connectivity index (χ0n) is 19.9. The first-order valence-corrected chi connectivity index (χ1v) is 11.5. The number of aromatic nitrogens is 1. The van der Waals surface area contributed by atoms with Crippen molar-refractivity contribution >= 4 is 23.5 Å². The van der Waals surface area contributed by atoms with Crippen LogP contribution in [0.2, 0.25) is 0 Å². The lowest BCUT2D eigenvalue weighted by atomic mass is 9.84. The van der Waals surface area contributed by atoms with Gasteiger partial charge in [-0.3, -0.25) is 9.59 Å². The highest BCUT2D eigenvalue weighted by Gasteiger charge is 2.35. The number of amides is 2. The number of nitrogens with one attached hydrogen (secondary N) is 2. The molecule has 1 aliphatic rings. The third kappa shape index (κ3) is 5.14. The van der Waals surface area contributed by atoms with Gasteiger partial charge >= 0.3 is 5.97 Å². The quantitative estimate of drug-likeness (QED) is 0.490. The molecular weight excluding hydrogens is 441 g/mol. The smallest absolute Gasteiger partial charge is 0.326 e. The number of aliphatic carboxylic acids is 1. The maximum absolute atomic E-state index is 13.5. The molecule has 2 atom stereocenters. The third-order valence-corrected chi connectivity index (χ3v) is 6.82. The molecule has 2 amide bonds. The van der Waals surface area contributed by atoms with Gasteiger partial charge in [-0.1, -0.05) is 19.3 Å². The van der Waals surface area contributed by atoms with Crippen molar-refractivity contribution in [3.05, 3.63) is 52.1 Å². The second-order valence-electron chi connectivity index (χ2n) is 9.07. The van der Waals surface area contributed by atoms with E-state index in [0.717, 1.165) is 19.3 Å². The Kier molecular flexibility index (Phi) is 7.76. The molecule has 1 aromatic carbocycles. The third-order valence-electron chi connectivity index (χ3n) is 6.82. The summed E-state index contributed by atoms with van der Waals surface area (Å²) in [6.07, 6.45) is 2.64. The second kappa shape index (κ2) is 10.4. The van der Waals surface area contributed by atoms with E-state index in [2.05, 4.69) is 10.6 Å². The predicted molar refractivity (Wildman–Crippen MR) is 125 cm³/mol. The van der Waals surface area contributed by atoms with Crippen LogP contribution >= 0.6 is 0 Å². The standard InChI is InChI=1S/C25H32FN3O5/c1-13-12-17(10-11-18(13)26)27-23(31)19-14(2)21(29(4)15(19)3)22(30)24(32)28-20(25(33)34)16-8-6-5-7-9-16/h10-12,16,20,22,30H,5-9H2,1-4H3,(H,27,31)(H,28,32)(H,33,34)/t20-,22?/m1/s1. The van der Waals surface area contributed by atoms with Crippen molar-refractivity contribution in [1.82, 2.24) is 9.88 Å². The summed E-state index contributed by atoms with van der Waals surface area (Å²) in [5.74, 6) is -2.96. The van der Waals surface area contributed by atoms with Gasteiger partial charge in [0.1, 0.15) is 11.9 Å². The fourth-order valence-corrected chi connectivity index (χ4v) is 4.84. The lowest BCUT2D eigenvalue weighted by Gasteiger charge is -2.28. The molecule has 1 fully saturated rings. The largest absolute Gasteiger partial charge is 0.480 e. The van der Waals surface area contributed by atoms with E-state index in [0.29, 0.717) is 35.3 Å². The molecule has 0 saturated heterocycles. The molecular formula is C25H32FN3O5. The molecule has 184 valence electrons. The number of aryl methyl sites for hydroxylation is 1. The van der Waals surface area contributed by atoms with Gasteiger partial charge in [0.15, 0.2) is 6.10 Å². The van der Waals surface area contributed by atoms with Gasteiger partial charge in [0.05, 0.1) is 11.3 Å². The number of aliphatic hydroxyl groups is 1. The van der Waals surface area contributed by atoms with Crippen LogP contribution in [0.25, 0.3) is 0 Å². The van der Waals surface area contributed by atoms with Gasteiger partial charge in [0, 0.05) is 18.4 Å². The van der Waals surface area contributed by atoms with Gasteiger partial charge in [0.2, 0.25) is 0 Å². The van der Waals surface area contributed by atoms with Gasteiger partial charge in [0.25, 0.3) is 11.8 Å². The average Bonchev–Trinajstić information content (AvgIpc) is 3.02. The van der Waals surface area contributed by atoms with Crippen molar-refractivity contribution in [3.8, 4) is 0 Å². The van der Waals surface area contributed by atoms with Gasteiger partial charge < -0.3 is 25.4 Å². The minimum absolute atomic E-state index is 0.181. The van der Waals surface area contributed by atoms with Crippen LogP contribution < -0.4 is 10.6 Å². The maximum Gasteiger partial charge on any atom is 0.326 e. The molecule has 0 bridgehead atoms. The molecule has 1 aromatic heterocycles. The average molecular weight is 474 g/mol. The molecule has 9 heteroatoms. The van der Waals surface area contributed by atoms with Crippen molar-refractivity contribution in [1.29, 1.82) is 0 Å². The van der Waals surface area contributed by atoms with Crippen LogP contribution in [-0.2, 0) is 16.6 Å². The number of carbonyl (C=O) groups is 3. The first-order valence-electron chi connectivity index (χ1n) is 11.5. The number of rotatable bonds is 7. The van der Waals surface area contributed by atoms with Crippen molar-refractivity contribution in [2.75, 3.05) is 5.32 Å². The van der Waals surface area contributed by atoms with E-state index >= 15 is 0 Å². The number of carboxylic acid groups (broad SMARTS) is 1. The summed E-state index contributed by atoms with van der Waals surface area (Å²) in [6, 6.07) is 3.16. The Hall–Kier alpha value is -3.20. The summed E-state index contributed by atoms with van der Waals surface area (Å²) in [5, 5.41) is 25.8. The minimum Gasteiger partial charge on any atom is -0.480 e. The number of nitrogens with zero attached hydrogens (tertiary/aromatic N) is 1. The summed E-state index contributed by atoms with van der Waals surface area (Å²) in [6.45, 7) is 4.91. The number of aliphatic hydroxyl groups excluding tert-OH is 1. The normalized spacial score (nSPS) is 16.1. The van der Waals surface area contributed by atoms with E-state index < -0.39 is 29.9 Å². The molecule has 1 heterocycles. The first-order chi connectivity index (χ1) is 16.0. The minimum atomic E-state index is -1.65. The highest BCUT2D eigenvalue weighted by Crippen LogP contribution is 2.30. The molecule has 0 spiro atoms. The highest BCUT2D eigenvalue weighted by atomic mass is 19.1. The van der Waals surface area contributed by atoms with Crippen molar-refractivity contribution in [2.24, 2.45) is 13.0 Å². The number of benzene rings is 1. The van der Waals surface area contributed by atoms with Crippen molar-refractivity contribution in [2.45, 2.75) is 65.0 Å². The van der Waals surface area contributed by atoms with Gasteiger partial charge in [-0.2, -0.15) is 0 Å². The van der Waals surface area contributed by atoms with E-state index in [1.165, 1.54) is 18.2 Å². The fraction of sp³-hybridized carbons (Fsp3) is 0.480. The summed E-state index contributed by atoms with van der Waals surface area (Å²) in [4.78, 5) is 37.7. The Morgan fingerprint density at radius 3 is 2.35 bits per heavy atom. The van der Waals surface area contributed by atoms with Crippen LogP contribution in [0.1, 0.15) is 71.1 Å². The van der Waals surface area contributed by atoms with Crippen LogP contribution in [0, 0.1) is 32.5 Å². The molecule has 0 aliphatic heterocycles. The lowest BCUT2D eigenvalue weighted by molar-refractivity contribution is -0.145.